The SMILES string of the molecule is O=c1[nH]c(CN(Cc2cccs2)CC2CCCO2)nc2scc(-c3ccc(F)cc3)c12. The lowest BCUT2D eigenvalue weighted by Crippen LogP contribution is -2.32. The number of benzene rings is 1. The van der Waals surface area contributed by atoms with Gasteiger partial charge in [-0.05, 0) is 42.0 Å². The lowest BCUT2D eigenvalue weighted by Gasteiger charge is -2.24. The highest BCUT2D eigenvalue weighted by molar-refractivity contribution is 7.17. The minimum atomic E-state index is -0.297. The van der Waals surface area contributed by atoms with E-state index in [1.807, 2.05) is 5.38 Å². The van der Waals surface area contributed by atoms with Crippen LogP contribution in [-0.2, 0) is 17.8 Å². The zero-order valence-corrected chi connectivity index (χ0v) is 18.5. The molecule has 0 bridgehead atoms. The van der Waals surface area contributed by atoms with Gasteiger partial charge in [0, 0.05) is 35.5 Å². The molecule has 8 heteroatoms. The zero-order chi connectivity index (χ0) is 21.2. The van der Waals surface area contributed by atoms with Gasteiger partial charge in [0.15, 0.2) is 0 Å². The lowest BCUT2D eigenvalue weighted by molar-refractivity contribution is 0.0674. The second-order valence-corrected chi connectivity index (χ2v) is 9.62. The summed E-state index contributed by atoms with van der Waals surface area (Å²) in [5, 5.41) is 4.55. The van der Waals surface area contributed by atoms with Gasteiger partial charge in [0.25, 0.3) is 5.56 Å². The molecule has 0 aliphatic carbocycles. The van der Waals surface area contributed by atoms with Crippen molar-refractivity contribution in [2.24, 2.45) is 0 Å². The Bertz CT molecular complexity index is 1210. The second-order valence-electron chi connectivity index (χ2n) is 7.73. The van der Waals surface area contributed by atoms with Crippen LogP contribution < -0.4 is 5.56 Å². The van der Waals surface area contributed by atoms with Crippen LogP contribution in [0, 0.1) is 5.82 Å². The van der Waals surface area contributed by atoms with Crippen molar-refractivity contribution in [3.63, 3.8) is 0 Å². The number of thiophene rings is 2. The topological polar surface area (TPSA) is 58.2 Å². The molecule has 1 N–H and O–H groups in total. The second kappa shape index (κ2) is 9.00. The number of aromatic amines is 1. The molecular formula is C23H22FN3O2S2. The standard InChI is InChI=1S/C23H22FN3O2S2/c24-16-7-5-15(6-8-16)19-14-31-23-21(19)22(28)25-20(26-23)13-27(11-17-3-1-9-29-17)12-18-4-2-10-30-18/h2,4-8,10,14,17H,1,3,9,11-13H2,(H,25,26,28). The number of ether oxygens (including phenoxy) is 1. The summed E-state index contributed by atoms with van der Waals surface area (Å²) in [4.78, 5) is 25.0. The fourth-order valence-electron chi connectivity index (χ4n) is 4.01. The summed E-state index contributed by atoms with van der Waals surface area (Å²) < 4.78 is 19.1. The Morgan fingerprint density at radius 2 is 2.06 bits per heavy atom. The van der Waals surface area contributed by atoms with Crippen LogP contribution in [0.15, 0.2) is 52.0 Å². The molecule has 0 radical (unpaired) electrons. The molecule has 4 aromatic rings. The zero-order valence-electron chi connectivity index (χ0n) is 16.8. The quantitative estimate of drug-likeness (QED) is 0.425. The van der Waals surface area contributed by atoms with Crippen LogP contribution >= 0.6 is 22.7 Å². The van der Waals surface area contributed by atoms with E-state index in [-0.39, 0.29) is 17.5 Å². The first kappa shape index (κ1) is 20.5. The van der Waals surface area contributed by atoms with E-state index in [1.165, 1.54) is 28.3 Å². The van der Waals surface area contributed by atoms with Gasteiger partial charge in [-0.3, -0.25) is 9.69 Å². The molecule has 160 valence electrons. The number of nitrogens with zero attached hydrogens (tertiary/aromatic N) is 2. The van der Waals surface area contributed by atoms with Crippen molar-refractivity contribution in [2.75, 3.05) is 13.2 Å². The fraction of sp³-hybridized carbons (Fsp3) is 0.304. The summed E-state index contributed by atoms with van der Waals surface area (Å²) in [5.74, 6) is 0.356. The van der Waals surface area contributed by atoms with Crippen molar-refractivity contribution < 1.29 is 9.13 Å². The Hall–Kier alpha value is -2.39. The smallest absolute Gasteiger partial charge is 0.260 e. The van der Waals surface area contributed by atoms with Crippen LogP contribution in [-0.4, -0.2) is 34.1 Å². The van der Waals surface area contributed by atoms with Gasteiger partial charge >= 0.3 is 0 Å². The molecule has 1 unspecified atom stereocenters. The van der Waals surface area contributed by atoms with Gasteiger partial charge in [0.05, 0.1) is 18.0 Å². The van der Waals surface area contributed by atoms with Crippen LogP contribution in [0.4, 0.5) is 4.39 Å². The largest absolute Gasteiger partial charge is 0.377 e. The molecule has 1 atom stereocenters. The maximum absolute atomic E-state index is 13.3. The highest BCUT2D eigenvalue weighted by Gasteiger charge is 2.21. The summed E-state index contributed by atoms with van der Waals surface area (Å²) in [5.41, 5.74) is 1.44. The molecule has 3 aromatic heterocycles. The van der Waals surface area contributed by atoms with Gasteiger partial charge in [-0.15, -0.1) is 22.7 Å². The van der Waals surface area contributed by atoms with Crippen molar-refractivity contribution in [3.8, 4) is 11.1 Å². The fourth-order valence-corrected chi connectivity index (χ4v) is 5.72. The average Bonchev–Trinajstić information content (AvgIpc) is 3.51. The minimum Gasteiger partial charge on any atom is -0.377 e. The minimum absolute atomic E-state index is 0.159. The van der Waals surface area contributed by atoms with E-state index in [1.54, 1.807) is 23.5 Å². The third-order valence-electron chi connectivity index (χ3n) is 5.47. The van der Waals surface area contributed by atoms with E-state index in [0.29, 0.717) is 22.6 Å². The molecule has 5 nitrogen and oxygen atoms in total. The number of H-pyrrole nitrogens is 1. The van der Waals surface area contributed by atoms with Crippen molar-refractivity contribution in [3.05, 3.63) is 74.0 Å². The number of halogens is 1. The highest BCUT2D eigenvalue weighted by atomic mass is 32.1. The van der Waals surface area contributed by atoms with Gasteiger partial charge in [-0.25, -0.2) is 9.37 Å². The van der Waals surface area contributed by atoms with Gasteiger partial charge in [0.1, 0.15) is 16.5 Å². The summed E-state index contributed by atoms with van der Waals surface area (Å²) >= 11 is 3.17. The Kier molecular flexibility index (Phi) is 5.95. The van der Waals surface area contributed by atoms with E-state index < -0.39 is 0 Å². The van der Waals surface area contributed by atoms with Crippen LogP contribution in [0.2, 0.25) is 0 Å². The van der Waals surface area contributed by atoms with E-state index in [2.05, 4.69) is 27.4 Å². The van der Waals surface area contributed by atoms with Crippen LogP contribution in [0.5, 0.6) is 0 Å². The molecule has 1 fully saturated rings. The molecule has 4 heterocycles. The summed E-state index contributed by atoms with van der Waals surface area (Å²) in [6, 6.07) is 10.4. The Morgan fingerprint density at radius 1 is 1.19 bits per heavy atom. The van der Waals surface area contributed by atoms with E-state index in [4.69, 9.17) is 9.72 Å². The maximum Gasteiger partial charge on any atom is 0.260 e. The maximum atomic E-state index is 13.3. The molecule has 1 saturated heterocycles. The van der Waals surface area contributed by atoms with Crippen molar-refractivity contribution in [1.82, 2.24) is 14.9 Å². The third-order valence-corrected chi connectivity index (χ3v) is 7.20. The highest BCUT2D eigenvalue weighted by Crippen LogP contribution is 2.31. The van der Waals surface area contributed by atoms with Crippen LogP contribution in [0.3, 0.4) is 0 Å². The summed E-state index contributed by atoms with van der Waals surface area (Å²) in [6.07, 6.45) is 2.39. The first-order valence-electron chi connectivity index (χ1n) is 10.3. The lowest BCUT2D eigenvalue weighted by atomic mass is 10.1. The Balaban J connectivity index is 1.42. The number of rotatable bonds is 7. The van der Waals surface area contributed by atoms with E-state index >= 15 is 0 Å². The number of fused-ring (bicyclic) bond motifs is 1. The molecule has 1 aromatic carbocycles. The molecule has 0 saturated carbocycles. The molecular weight excluding hydrogens is 433 g/mol. The predicted octanol–water partition coefficient (Wildman–Crippen LogP) is 5.03. The van der Waals surface area contributed by atoms with Crippen LogP contribution in [0.25, 0.3) is 21.3 Å². The number of hydrogen-bond donors (Lipinski definition) is 1. The third kappa shape index (κ3) is 4.62. The normalized spacial score (nSPS) is 16.5. The number of aromatic nitrogens is 2. The summed E-state index contributed by atoms with van der Waals surface area (Å²) in [7, 11) is 0. The average molecular weight is 456 g/mol. The van der Waals surface area contributed by atoms with Crippen molar-refractivity contribution in [1.29, 1.82) is 0 Å². The molecule has 1 aliphatic heterocycles. The monoisotopic (exact) mass is 455 g/mol. The van der Waals surface area contributed by atoms with E-state index in [0.717, 1.165) is 43.7 Å². The van der Waals surface area contributed by atoms with Gasteiger partial charge < -0.3 is 9.72 Å². The molecule has 5 rings (SSSR count). The molecule has 0 spiro atoms. The number of hydrogen-bond acceptors (Lipinski definition) is 6. The first-order chi connectivity index (χ1) is 15.2. The van der Waals surface area contributed by atoms with Crippen molar-refractivity contribution >= 4 is 32.9 Å². The molecule has 1 aliphatic rings. The summed E-state index contributed by atoms with van der Waals surface area (Å²) in [6.45, 7) is 2.97. The molecule has 31 heavy (non-hydrogen) atoms. The van der Waals surface area contributed by atoms with Crippen LogP contribution in [0.1, 0.15) is 23.5 Å². The Labute approximate surface area is 187 Å². The van der Waals surface area contributed by atoms with Gasteiger partial charge in [-0.1, -0.05) is 18.2 Å². The van der Waals surface area contributed by atoms with Gasteiger partial charge in [-0.2, -0.15) is 0 Å². The number of nitrogens with one attached hydrogen (secondary N) is 1. The first-order valence-corrected chi connectivity index (χ1v) is 12.0. The Morgan fingerprint density at radius 3 is 2.81 bits per heavy atom. The van der Waals surface area contributed by atoms with E-state index in [9.17, 15) is 9.18 Å². The predicted molar refractivity (Wildman–Crippen MR) is 123 cm³/mol. The molecule has 0 amide bonds. The van der Waals surface area contributed by atoms with Gasteiger partial charge in [0.2, 0.25) is 0 Å². The van der Waals surface area contributed by atoms with Crippen molar-refractivity contribution in [2.45, 2.75) is 32.0 Å².